The minimum atomic E-state index is -3.11. The van der Waals surface area contributed by atoms with Crippen molar-refractivity contribution >= 4 is 27.6 Å². The molecule has 1 aliphatic heterocycles. The maximum absolute atomic E-state index is 12.3. The van der Waals surface area contributed by atoms with Crippen molar-refractivity contribution in [2.75, 3.05) is 18.1 Å². The molecule has 1 heterocycles. The quantitative estimate of drug-likeness (QED) is 0.636. The van der Waals surface area contributed by atoms with E-state index in [0.717, 1.165) is 5.56 Å². The lowest BCUT2D eigenvalue weighted by Crippen LogP contribution is -2.46. The van der Waals surface area contributed by atoms with E-state index in [2.05, 4.69) is 10.6 Å². The van der Waals surface area contributed by atoms with E-state index in [0.29, 0.717) is 12.0 Å². The third-order valence-corrected chi connectivity index (χ3v) is 6.23. The van der Waals surface area contributed by atoms with Gasteiger partial charge in [0.15, 0.2) is 16.4 Å². The third kappa shape index (κ3) is 6.33. The Morgan fingerprint density at radius 3 is 2.36 bits per heavy atom. The molecule has 1 saturated heterocycles. The summed E-state index contributed by atoms with van der Waals surface area (Å²) in [5, 5.41) is 5.18. The van der Waals surface area contributed by atoms with E-state index in [4.69, 9.17) is 4.74 Å². The largest absolute Gasteiger partial charge is 0.454 e. The van der Waals surface area contributed by atoms with E-state index in [1.54, 1.807) is 38.1 Å². The number of ether oxygens (including phenoxy) is 1. The van der Waals surface area contributed by atoms with E-state index in [-0.39, 0.29) is 17.4 Å². The molecule has 28 heavy (non-hydrogen) atoms. The number of carbonyl (C=O) groups is 3. The lowest BCUT2D eigenvalue weighted by atomic mass is 10.0. The van der Waals surface area contributed by atoms with Crippen LogP contribution >= 0.6 is 0 Å². The van der Waals surface area contributed by atoms with Crippen molar-refractivity contribution in [3.05, 3.63) is 35.4 Å². The second kappa shape index (κ2) is 9.18. The summed E-state index contributed by atoms with van der Waals surface area (Å²) in [4.78, 5) is 36.6. The lowest BCUT2D eigenvalue weighted by molar-refractivity contribution is -0.151. The normalized spacial score (nSPS) is 19.1. The maximum atomic E-state index is 12.3. The molecule has 2 amide bonds. The Labute approximate surface area is 164 Å². The molecule has 2 N–H and O–H groups in total. The molecule has 0 radical (unpaired) electrons. The first kappa shape index (κ1) is 21.9. The van der Waals surface area contributed by atoms with Gasteiger partial charge in [0.2, 0.25) is 0 Å². The van der Waals surface area contributed by atoms with Crippen LogP contribution in [0.5, 0.6) is 0 Å². The van der Waals surface area contributed by atoms with Crippen LogP contribution in [-0.2, 0) is 24.2 Å². The summed E-state index contributed by atoms with van der Waals surface area (Å²) < 4.78 is 27.9. The summed E-state index contributed by atoms with van der Waals surface area (Å²) in [5.74, 6) is -2.00. The first-order valence-corrected chi connectivity index (χ1v) is 10.9. The third-order valence-electron chi connectivity index (χ3n) is 4.46. The average Bonchev–Trinajstić information content (AvgIpc) is 2.96. The predicted molar refractivity (Wildman–Crippen MR) is 103 cm³/mol. The summed E-state index contributed by atoms with van der Waals surface area (Å²) in [6.07, 6.45) is 0.350. The molecule has 154 valence electrons. The standard InChI is InChI=1S/C19H26N2O6S/c1-12(2)17(21-18(23)14-6-4-13(3)5-7-14)19(24)27-10-16(22)20-15-8-9-28(25,26)11-15/h4-7,12,15,17H,8-11H2,1-3H3,(H,20,22)(H,21,23)/t15-,17+/m1/s1. The summed E-state index contributed by atoms with van der Waals surface area (Å²) in [6.45, 7) is 4.89. The van der Waals surface area contributed by atoms with Crippen LogP contribution in [0.25, 0.3) is 0 Å². The Balaban J connectivity index is 1.87. The van der Waals surface area contributed by atoms with Gasteiger partial charge >= 0.3 is 5.97 Å². The molecule has 1 aromatic rings. The second-order valence-corrected chi connectivity index (χ2v) is 9.57. The molecule has 1 fully saturated rings. The molecule has 0 aliphatic carbocycles. The Morgan fingerprint density at radius 2 is 1.82 bits per heavy atom. The van der Waals surface area contributed by atoms with E-state index in [1.165, 1.54) is 0 Å². The smallest absolute Gasteiger partial charge is 0.329 e. The summed E-state index contributed by atoms with van der Waals surface area (Å²) in [7, 11) is -3.11. The molecular formula is C19H26N2O6S. The minimum absolute atomic E-state index is 0.0399. The minimum Gasteiger partial charge on any atom is -0.454 e. The van der Waals surface area contributed by atoms with Crippen molar-refractivity contribution < 1.29 is 27.5 Å². The molecule has 8 nitrogen and oxygen atoms in total. The van der Waals surface area contributed by atoms with Crippen molar-refractivity contribution in [3.63, 3.8) is 0 Å². The van der Waals surface area contributed by atoms with Crippen LogP contribution in [0.3, 0.4) is 0 Å². The number of sulfone groups is 1. The van der Waals surface area contributed by atoms with Crippen LogP contribution in [-0.4, -0.2) is 56.4 Å². The number of rotatable bonds is 7. The summed E-state index contributed by atoms with van der Waals surface area (Å²) in [6, 6.07) is 5.55. The number of amides is 2. The lowest BCUT2D eigenvalue weighted by Gasteiger charge is -2.21. The molecule has 2 rings (SSSR count). The van der Waals surface area contributed by atoms with Crippen LogP contribution in [0.2, 0.25) is 0 Å². The van der Waals surface area contributed by atoms with Gasteiger partial charge in [0.1, 0.15) is 6.04 Å². The SMILES string of the molecule is Cc1ccc(C(=O)N[C@H](C(=O)OCC(=O)N[C@@H]2CCS(=O)(=O)C2)C(C)C)cc1. The Morgan fingerprint density at radius 1 is 1.18 bits per heavy atom. The number of aryl methyl sites for hydroxylation is 1. The van der Waals surface area contributed by atoms with Gasteiger partial charge in [-0.2, -0.15) is 0 Å². The fourth-order valence-corrected chi connectivity index (χ4v) is 4.51. The number of benzene rings is 1. The van der Waals surface area contributed by atoms with E-state index in [9.17, 15) is 22.8 Å². The van der Waals surface area contributed by atoms with Crippen LogP contribution in [0.15, 0.2) is 24.3 Å². The van der Waals surface area contributed by atoms with Crippen molar-refractivity contribution in [1.82, 2.24) is 10.6 Å². The monoisotopic (exact) mass is 410 g/mol. The molecule has 1 aliphatic rings. The fraction of sp³-hybridized carbons (Fsp3) is 0.526. The van der Waals surface area contributed by atoms with Gasteiger partial charge < -0.3 is 15.4 Å². The van der Waals surface area contributed by atoms with Crippen LogP contribution < -0.4 is 10.6 Å². The number of carbonyl (C=O) groups excluding carboxylic acids is 3. The molecule has 0 aromatic heterocycles. The molecule has 9 heteroatoms. The van der Waals surface area contributed by atoms with E-state index < -0.39 is 46.3 Å². The first-order chi connectivity index (χ1) is 13.1. The van der Waals surface area contributed by atoms with Crippen LogP contribution in [0, 0.1) is 12.8 Å². The zero-order valence-electron chi connectivity index (χ0n) is 16.2. The summed E-state index contributed by atoms with van der Waals surface area (Å²) in [5.41, 5.74) is 1.43. The highest BCUT2D eigenvalue weighted by atomic mass is 32.2. The molecule has 0 spiro atoms. The van der Waals surface area contributed by atoms with Gasteiger partial charge in [-0.15, -0.1) is 0 Å². The zero-order valence-corrected chi connectivity index (χ0v) is 17.0. The number of hydrogen-bond donors (Lipinski definition) is 2. The van der Waals surface area contributed by atoms with Crippen molar-refractivity contribution in [1.29, 1.82) is 0 Å². The Bertz CT molecular complexity index is 832. The fourth-order valence-electron chi connectivity index (χ4n) is 2.83. The van der Waals surface area contributed by atoms with Crippen molar-refractivity contribution in [3.8, 4) is 0 Å². The van der Waals surface area contributed by atoms with Crippen LogP contribution in [0.1, 0.15) is 36.2 Å². The molecule has 2 atom stereocenters. The molecule has 0 bridgehead atoms. The molecule has 1 aromatic carbocycles. The van der Waals surface area contributed by atoms with Gasteiger partial charge in [0, 0.05) is 11.6 Å². The number of hydrogen-bond acceptors (Lipinski definition) is 6. The maximum Gasteiger partial charge on any atom is 0.329 e. The number of nitrogens with one attached hydrogen (secondary N) is 2. The highest BCUT2D eigenvalue weighted by Crippen LogP contribution is 2.11. The van der Waals surface area contributed by atoms with Gasteiger partial charge in [-0.1, -0.05) is 31.5 Å². The molecule has 0 saturated carbocycles. The highest BCUT2D eigenvalue weighted by Gasteiger charge is 2.30. The van der Waals surface area contributed by atoms with E-state index >= 15 is 0 Å². The Hall–Kier alpha value is -2.42. The van der Waals surface area contributed by atoms with Gasteiger partial charge in [-0.05, 0) is 31.4 Å². The highest BCUT2D eigenvalue weighted by molar-refractivity contribution is 7.91. The van der Waals surface area contributed by atoms with Gasteiger partial charge in [-0.3, -0.25) is 9.59 Å². The van der Waals surface area contributed by atoms with Gasteiger partial charge in [0.25, 0.3) is 11.8 Å². The Kier molecular flexibility index (Phi) is 7.17. The first-order valence-electron chi connectivity index (χ1n) is 9.11. The van der Waals surface area contributed by atoms with Crippen molar-refractivity contribution in [2.24, 2.45) is 5.92 Å². The average molecular weight is 410 g/mol. The predicted octanol–water partition coefficient (Wildman–Crippen LogP) is 0.596. The van der Waals surface area contributed by atoms with Gasteiger partial charge in [-0.25, -0.2) is 13.2 Å². The van der Waals surface area contributed by atoms with Crippen molar-refractivity contribution in [2.45, 2.75) is 39.3 Å². The number of esters is 1. The zero-order chi connectivity index (χ0) is 20.9. The molecule has 0 unspecified atom stereocenters. The second-order valence-electron chi connectivity index (χ2n) is 7.34. The van der Waals surface area contributed by atoms with Crippen LogP contribution in [0.4, 0.5) is 0 Å². The topological polar surface area (TPSA) is 119 Å². The summed E-state index contributed by atoms with van der Waals surface area (Å²) >= 11 is 0. The molecular weight excluding hydrogens is 384 g/mol. The van der Waals surface area contributed by atoms with Gasteiger partial charge in [0.05, 0.1) is 11.5 Å². The van der Waals surface area contributed by atoms with E-state index in [1.807, 2.05) is 6.92 Å².